The molecule has 0 aliphatic rings. The summed E-state index contributed by atoms with van der Waals surface area (Å²) >= 11 is 1.49. The van der Waals surface area contributed by atoms with Gasteiger partial charge in [-0.3, -0.25) is 9.55 Å². The molecule has 2 aromatic heterocycles. The zero-order valence-electron chi connectivity index (χ0n) is 13.7. The normalized spacial score (nSPS) is 10.8. The molecule has 0 aliphatic heterocycles. The minimum atomic E-state index is -0.243. The Morgan fingerprint density at radius 2 is 1.85 bits per heavy atom. The Bertz CT molecular complexity index is 1000. The summed E-state index contributed by atoms with van der Waals surface area (Å²) in [5.74, 6) is 0.961. The van der Waals surface area contributed by atoms with Crippen molar-refractivity contribution in [3.63, 3.8) is 0 Å². The summed E-state index contributed by atoms with van der Waals surface area (Å²) in [5, 5.41) is 9.34. The Morgan fingerprint density at radius 3 is 2.62 bits per heavy atom. The van der Waals surface area contributed by atoms with E-state index in [4.69, 9.17) is 0 Å². The second-order valence-corrected chi connectivity index (χ2v) is 6.43. The molecule has 0 radical (unpaired) electrons. The number of nitrogens with zero attached hydrogens (tertiary/aromatic N) is 5. The van der Waals surface area contributed by atoms with Crippen LogP contribution in [0.5, 0.6) is 0 Å². The third kappa shape index (κ3) is 3.48. The Hall–Kier alpha value is -3.06. The van der Waals surface area contributed by atoms with Gasteiger partial charge in [0.2, 0.25) is 0 Å². The summed E-state index contributed by atoms with van der Waals surface area (Å²) in [5.41, 5.74) is 2.46. The van der Waals surface area contributed by atoms with Gasteiger partial charge in [-0.1, -0.05) is 42.1 Å². The van der Waals surface area contributed by atoms with Crippen molar-refractivity contribution in [1.82, 2.24) is 24.7 Å². The molecule has 0 spiro atoms. The van der Waals surface area contributed by atoms with Gasteiger partial charge in [0.05, 0.1) is 6.20 Å². The zero-order valence-corrected chi connectivity index (χ0v) is 14.5. The lowest BCUT2D eigenvalue weighted by atomic mass is 10.2. The average Bonchev–Trinajstić information content (AvgIpc) is 3.12. The number of para-hydroxylation sites is 1. The van der Waals surface area contributed by atoms with E-state index >= 15 is 0 Å². The van der Waals surface area contributed by atoms with Gasteiger partial charge in [0.15, 0.2) is 11.0 Å². The standard InChI is InChI=1S/C19H14FN5S/c20-15-6-4-5-14(11-15)13-26-19-24-23-18(17-12-21-9-10-22-17)25(19)16-7-2-1-3-8-16/h1-12H,13H2. The fraction of sp³-hybridized carbons (Fsp3) is 0.0526. The number of rotatable bonds is 5. The lowest BCUT2D eigenvalue weighted by molar-refractivity contribution is 0.626. The maximum absolute atomic E-state index is 13.4. The van der Waals surface area contributed by atoms with Gasteiger partial charge in [-0.15, -0.1) is 10.2 Å². The van der Waals surface area contributed by atoms with E-state index in [1.807, 2.05) is 41.0 Å². The van der Waals surface area contributed by atoms with Crippen LogP contribution in [0.2, 0.25) is 0 Å². The van der Waals surface area contributed by atoms with Gasteiger partial charge in [0.25, 0.3) is 0 Å². The van der Waals surface area contributed by atoms with E-state index in [9.17, 15) is 4.39 Å². The highest BCUT2D eigenvalue weighted by Gasteiger charge is 2.17. The van der Waals surface area contributed by atoms with Crippen LogP contribution in [0.3, 0.4) is 0 Å². The minimum absolute atomic E-state index is 0.243. The van der Waals surface area contributed by atoms with Crippen LogP contribution in [0.1, 0.15) is 5.56 Å². The van der Waals surface area contributed by atoms with Gasteiger partial charge in [-0.25, -0.2) is 9.37 Å². The molecule has 0 unspecified atom stereocenters. The van der Waals surface area contributed by atoms with Crippen LogP contribution < -0.4 is 0 Å². The summed E-state index contributed by atoms with van der Waals surface area (Å²) in [6, 6.07) is 16.4. The van der Waals surface area contributed by atoms with Gasteiger partial charge in [-0.05, 0) is 29.8 Å². The molecule has 0 aliphatic carbocycles. The van der Waals surface area contributed by atoms with Crippen LogP contribution in [0.4, 0.5) is 4.39 Å². The highest BCUT2D eigenvalue weighted by molar-refractivity contribution is 7.98. The van der Waals surface area contributed by atoms with Crippen LogP contribution >= 0.6 is 11.8 Å². The monoisotopic (exact) mass is 363 g/mol. The van der Waals surface area contributed by atoms with Crippen molar-refractivity contribution < 1.29 is 4.39 Å². The largest absolute Gasteiger partial charge is 0.269 e. The first kappa shape index (κ1) is 16.4. The highest BCUT2D eigenvalue weighted by Crippen LogP contribution is 2.28. The second-order valence-electron chi connectivity index (χ2n) is 5.49. The first-order chi connectivity index (χ1) is 12.8. The van der Waals surface area contributed by atoms with E-state index in [1.54, 1.807) is 24.7 Å². The maximum atomic E-state index is 13.4. The average molecular weight is 363 g/mol. The number of hydrogen-bond donors (Lipinski definition) is 0. The second kappa shape index (κ2) is 7.45. The molecule has 7 heteroatoms. The zero-order chi connectivity index (χ0) is 17.8. The van der Waals surface area contributed by atoms with E-state index in [0.29, 0.717) is 22.4 Å². The molecule has 26 heavy (non-hydrogen) atoms. The lowest BCUT2D eigenvalue weighted by Crippen LogP contribution is -2.00. The lowest BCUT2D eigenvalue weighted by Gasteiger charge is -2.09. The van der Waals surface area contributed by atoms with E-state index in [-0.39, 0.29) is 5.82 Å². The Labute approximate surface area is 154 Å². The maximum Gasteiger partial charge on any atom is 0.196 e. The van der Waals surface area contributed by atoms with Crippen molar-refractivity contribution in [3.8, 4) is 17.2 Å². The predicted molar refractivity (Wildman–Crippen MR) is 98.3 cm³/mol. The minimum Gasteiger partial charge on any atom is -0.269 e. The third-order valence-electron chi connectivity index (χ3n) is 3.70. The predicted octanol–water partition coefficient (Wildman–Crippen LogP) is 4.16. The quantitative estimate of drug-likeness (QED) is 0.499. The van der Waals surface area contributed by atoms with E-state index in [1.165, 1.54) is 23.9 Å². The molecule has 128 valence electrons. The fourth-order valence-electron chi connectivity index (χ4n) is 2.53. The number of benzene rings is 2. The molecule has 2 heterocycles. The molecule has 4 rings (SSSR count). The van der Waals surface area contributed by atoms with Crippen molar-refractivity contribution in [2.45, 2.75) is 10.9 Å². The SMILES string of the molecule is Fc1cccc(CSc2nnc(-c3cnccn3)n2-c2ccccc2)c1. The molecule has 0 atom stereocenters. The van der Waals surface area contributed by atoms with Crippen molar-refractivity contribution in [3.05, 3.63) is 84.6 Å². The molecule has 0 saturated heterocycles. The molecule has 0 amide bonds. The third-order valence-corrected chi connectivity index (χ3v) is 4.70. The first-order valence-corrected chi connectivity index (χ1v) is 8.94. The van der Waals surface area contributed by atoms with Gasteiger partial charge >= 0.3 is 0 Å². The summed E-state index contributed by atoms with van der Waals surface area (Å²) in [4.78, 5) is 8.45. The highest BCUT2D eigenvalue weighted by atomic mass is 32.2. The van der Waals surface area contributed by atoms with Crippen LogP contribution in [0.15, 0.2) is 78.3 Å². The Kier molecular flexibility index (Phi) is 4.70. The van der Waals surface area contributed by atoms with Crippen molar-refractivity contribution >= 4 is 11.8 Å². The van der Waals surface area contributed by atoms with Gasteiger partial charge < -0.3 is 0 Å². The summed E-state index contributed by atoms with van der Waals surface area (Å²) in [7, 11) is 0. The molecule has 0 N–H and O–H groups in total. The molecule has 5 nitrogen and oxygen atoms in total. The molecular formula is C19H14FN5S. The van der Waals surface area contributed by atoms with Gasteiger partial charge in [0.1, 0.15) is 11.5 Å². The molecule has 4 aromatic rings. The summed E-state index contributed by atoms with van der Waals surface area (Å²) in [6.45, 7) is 0. The van der Waals surface area contributed by atoms with E-state index < -0.39 is 0 Å². The van der Waals surface area contributed by atoms with Crippen LogP contribution in [-0.2, 0) is 5.75 Å². The number of thioether (sulfide) groups is 1. The number of hydrogen-bond acceptors (Lipinski definition) is 5. The van der Waals surface area contributed by atoms with Gasteiger partial charge in [-0.2, -0.15) is 0 Å². The number of aromatic nitrogens is 5. The molecule has 0 bridgehead atoms. The molecule has 2 aromatic carbocycles. The summed E-state index contributed by atoms with van der Waals surface area (Å²) in [6.07, 6.45) is 4.90. The topological polar surface area (TPSA) is 56.5 Å². The smallest absolute Gasteiger partial charge is 0.196 e. The molecule has 0 saturated carbocycles. The first-order valence-electron chi connectivity index (χ1n) is 7.96. The summed E-state index contributed by atoms with van der Waals surface area (Å²) < 4.78 is 15.3. The van der Waals surface area contributed by atoms with E-state index in [0.717, 1.165) is 11.3 Å². The molecular weight excluding hydrogens is 349 g/mol. The van der Waals surface area contributed by atoms with Gasteiger partial charge in [0, 0.05) is 23.8 Å². The number of halogens is 1. The van der Waals surface area contributed by atoms with Crippen LogP contribution in [0.25, 0.3) is 17.2 Å². The van der Waals surface area contributed by atoms with Crippen molar-refractivity contribution in [2.24, 2.45) is 0 Å². The Morgan fingerprint density at radius 1 is 0.962 bits per heavy atom. The van der Waals surface area contributed by atoms with Crippen LogP contribution in [0, 0.1) is 5.82 Å². The van der Waals surface area contributed by atoms with Crippen LogP contribution in [-0.4, -0.2) is 24.7 Å². The van der Waals surface area contributed by atoms with E-state index in [2.05, 4.69) is 20.2 Å². The van der Waals surface area contributed by atoms with Crippen molar-refractivity contribution in [1.29, 1.82) is 0 Å². The molecule has 0 fully saturated rings. The van der Waals surface area contributed by atoms with Crippen molar-refractivity contribution in [2.75, 3.05) is 0 Å². The Balaban J connectivity index is 1.72. The fourth-order valence-corrected chi connectivity index (χ4v) is 3.42.